The molecule has 0 saturated carbocycles. The Kier molecular flexibility index (Phi) is 9.20. The van der Waals surface area contributed by atoms with Gasteiger partial charge < -0.3 is 15.1 Å². The zero-order chi connectivity index (χ0) is 23.0. The molecule has 0 spiro atoms. The van der Waals surface area contributed by atoms with Crippen molar-refractivity contribution in [3.05, 3.63) is 34.0 Å². The molecule has 1 aromatic rings. The smallest absolute Gasteiger partial charge is 0.345 e. The number of hydrogen-bond acceptors (Lipinski definition) is 4. The monoisotopic (exact) mass is 453 g/mol. The van der Waals surface area contributed by atoms with Crippen molar-refractivity contribution >= 4 is 23.2 Å². The van der Waals surface area contributed by atoms with Gasteiger partial charge in [-0.2, -0.15) is 8.78 Å². The van der Waals surface area contributed by atoms with Gasteiger partial charge in [-0.25, -0.2) is 4.79 Å². The Labute approximate surface area is 185 Å². The van der Waals surface area contributed by atoms with Crippen LogP contribution in [0, 0.1) is 17.8 Å². The van der Waals surface area contributed by atoms with E-state index in [1.54, 1.807) is 6.07 Å². The van der Waals surface area contributed by atoms with Crippen LogP contribution < -0.4 is 0 Å². The number of carbonyl (C=O) groups excluding carboxylic acids is 1. The second kappa shape index (κ2) is 11.4. The first-order valence-corrected chi connectivity index (χ1v) is 11.3. The summed E-state index contributed by atoms with van der Waals surface area (Å²) in [5.41, 5.74) is 0. The van der Waals surface area contributed by atoms with Crippen LogP contribution in [0.25, 0.3) is 0 Å². The number of aliphatic hydroxyl groups is 1. The molecule has 170 valence electrons. The van der Waals surface area contributed by atoms with Gasteiger partial charge in [0.05, 0.1) is 12.1 Å². The van der Waals surface area contributed by atoms with E-state index in [1.165, 1.54) is 18.2 Å². The van der Waals surface area contributed by atoms with E-state index in [9.17, 15) is 23.5 Å². The van der Waals surface area contributed by atoms with Gasteiger partial charge in [-0.05, 0) is 37.3 Å². The predicted octanol–water partition coefficient (Wildman–Crippen LogP) is 4.36. The summed E-state index contributed by atoms with van der Waals surface area (Å²) in [6, 6.07) is 2.43. The molecule has 1 aliphatic rings. The molecule has 0 unspecified atom stereocenters. The van der Waals surface area contributed by atoms with Gasteiger partial charge in [0.25, 0.3) is 5.91 Å². The number of aryl methyl sites for hydroxylation is 1. The zero-order valence-electron chi connectivity index (χ0n) is 17.8. The summed E-state index contributed by atoms with van der Waals surface area (Å²) in [6.45, 7) is 4.01. The highest BCUT2D eigenvalue weighted by atomic mass is 32.1. The lowest BCUT2D eigenvalue weighted by Crippen LogP contribution is -2.36. The van der Waals surface area contributed by atoms with E-state index < -0.39 is 36.4 Å². The predicted molar refractivity (Wildman–Crippen MR) is 116 cm³/mol. The van der Waals surface area contributed by atoms with E-state index in [2.05, 4.69) is 11.8 Å². The number of nitrogens with zero attached hydrogens (tertiary/aromatic N) is 1. The zero-order valence-corrected chi connectivity index (χ0v) is 18.6. The molecule has 0 aliphatic carbocycles. The fraction of sp³-hybridized carbons (Fsp3) is 0.565. The first kappa shape index (κ1) is 25.0. The van der Waals surface area contributed by atoms with Crippen LogP contribution >= 0.6 is 11.3 Å². The minimum absolute atomic E-state index is 0.137. The molecule has 0 bridgehead atoms. The number of hydrogen-bond donors (Lipinski definition) is 2. The van der Waals surface area contributed by atoms with Crippen LogP contribution in [0.15, 0.2) is 24.3 Å². The lowest BCUT2D eigenvalue weighted by atomic mass is 9.99. The van der Waals surface area contributed by atoms with Crippen LogP contribution in [0.5, 0.6) is 0 Å². The third kappa shape index (κ3) is 7.15. The summed E-state index contributed by atoms with van der Waals surface area (Å²) in [7, 11) is 0. The maximum absolute atomic E-state index is 14.0. The topological polar surface area (TPSA) is 77.8 Å². The van der Waals surface area contributed by atoms with E-state index in [1.807, 2.05) is 13.8 Å². The van der Waals surface area contributed by atoms with Gasteiger partial charge in [0.1, 0.15) is 4.88 Å². The SMILES string of the molecule is CCCC#CC[C@H](C)[C@@H](O)C=C[C@H]1CC(F)(F)C(=O)N1CCCc1ccc(C(=O)O)s1. The van der Waals surface area contributed by atoms with Crippen molar-refractivity contribution in [2.24, 2.45) is 5.92 Å². The average molecular weight is 454 g/mol. The number of aliphatic hydroxyl groups excluding tert-OH is 1. The normalized spacial score (nSPS) is 20.0. The summed E-state index contributed by atoms with van der Waals surface area (Å²) in [4.78, 5) is 25.3. The van der Waals surface area contributed by atoms with Gasteiger partial charge >= 0.3 is 11.9 Å². The number of rotatable bonds is 10. The van der Waals surface area contributed by atoms with Crippen LogP contribution in [-0.2, 0) is 11.2 Å². The number of thiophene rings is 1. The summed E-state index contributed by atoms with van der Waals surface area (Å²) in [6.07, 6.45) is 4.76. The van der Waals surface area contributed by atoms with Crippen LogP contribution in [0.2, 0.25) is 0 Å². The molecule has 31 heavy (non-hydrogen) atoms. The van der Waals surface area contributed by atoms with E-state index in [0.29, 0.717) is 19.3 Å². The molecule has 2 heterocycles. The van der Waals surface area contributed by atoms with Gasteiger partial charge in [0, 0.05) is 30.7 Å². The molecule has 1 saturated heterocycles. The van der Waals surface area contributed by atoms with E-state index >= 15 is 0 Å². The van der Waals surface area contributed by atoms with Crippen LogP contribution in [-0.4, -0.2) is 51.6 Å². The van der Waals surface area contributed by atoms with Crippen molar-refractivity contribution in [3.8, 4) is 11.8 Å². The molecule has 3 atom stereocenters. The Hall–Kier alpha value is -2.24. The summed E-state index contributed by atoms with van der Waals surface area (Å²) in [5, 5.41) is 19.3. The fourth-order valence-corrected chi connectivity index (χ4v) is 4.20. The first-order valence-electron chi connectivity index (χ1n) is 10.5. The van der Waals surface area contributed by atoms with Crippen LogP contribution in [0.1, 0.15) is 60.5 Å². The third-order valence-electron chi connectivity index (χ3n) is 5.17. The minimum atomic E-state index is -3.42. The first-order chi connectivity index (χ1) is 14.7. The van der Waals surface area contributed by atoms with Crippen molar-refractivity contribution in [1.29, 1.82) is 0 Å². The number of halogens is 2. The highest BCUT2D eigenvalue weighted by molar-refractivity contribution is 7.13. The minimum Gasteiger partial charge on any atom is -0.477 e. The Bertz CT molecular complexity index is 855. The lowest BCUT2D eigenvalue weighted by Gasteiger charge is -2.22. The van der Waals surface area contributed by atoms with E-state index in [-0.39, 0.29) is 17.3 Å². The maximum Gasteiger partial charge on any atom is 0.345 e. The van der Waals surface area contributed by atoms with Crippen molar-refractivity contribution < 1.29 is 28.6 Å². The van der Waals surface area contributed by atoms with Crippen molar-refractivity contribution in [1.82, 2.24) is 4.90 Å². The highest BCUT2D eigenvalue weighted by Gasteiger charge is 2.52. The largest absolute Gasteiger partial charge is 0.477 e. The second-order valence-corrected chi connectivity index (χ2v) is 8.98. The number of alkyl halides is 2. The molecule has 2 N–H and O–H groups in total. The molecule has 8 heteroatoms. The van der Waals surface area contributed by atoms with Gasteiger partial charge in [0.2, 0.25) is 0 Å². The standard InChI is InChI=1S/C23H29F2NO4S/c1-3-4-5-6-8-16(2)19(27)12-10-17-15-23(24,25)22(30)26(17)14-7-9-18-11-13-20(31-18)21(28)29/h10-13,16-17,19,27H,3-4,7-9,14-15H2,1-2H3,(H,28,29)/t16-,17-,19-/m0/s1. The molecule has 1 aliphatic heterocycles. The molecule has 2 rings (SSSR count). The highest BCUT2D eigenvalue weighted by Crippen LogP contribution is 2.34. The molecule has 1 fully saturated rings. The van der Waals surface area contributed by atoms with E-state index in [0.717, 1.165) is 34.0 Å². The molecule has 1 aromatic heterocycles. The van der Waals surface area contributed by atoms with Gasteiger partial charge in [-0.1, -0.05) is 26.0 Å². The molecular weight excluding hydrogens is 424 g/mol. The number of carbonyl (C=O) groups is 2. The van der Waals surface area contributed by atoms with Crippen molar-refractivity contribution in [2.75, 3.05) is 6.54 Å². The van der Waals surface area contributed by atoms with Crippen molar-refractivity contribution in [3.63, 3.8) is 0 Å². The Morgan fingerprint density at radius 3 is 2.81 bits per heavy atom. The Balaban J connectivity index is 1.95. The van der Waals surface area contributed by atoms with Crippen LogP contribution in [0.4, 0.5) is 8.78 Å². The molecule has 5 nitrogen and oxygen atoms in total. The summed E-state index contributed by atoms with van der Waals surface area (Å²) >= 11 is 1.14. The average Bonchev–Trinajstić information content (AvgIpc) is 3.27. The van der Waals surface area contributed by atoms with Crippen molar-refractivity contribution in [2.45, 2.75) is 70.4 Å². The Morgan fingerprint density at radius 1 is 1.42 bits per heavy atom. The fourth-order valence-electron chi connectivity index (χ4n) is 3.31. The number of aromatic carboxylic acids is 1. The van der Waals surface area contributed by atoms with Crippen LogP contribution in [0.3, 0.4) is 0 Å². The van der Waals surface area contributed by atoms with Gasteiger partial charge in [-0.3, -0.25) is 4.79 Å². The van der Waals surface area contributed by atoms with Gasteiger partial charge in [-0.15, -0.1) is 23.2 Å². The third-order valence-corrected chi connectivity index (χ3v) is 6.30. The molecule has 0 radical (unpaired) electrons. The maximum atomic E-state index is 14.0. The second-order valence-electron chi connectivity index (χ2n) is 7.81. The number of likely N-dealkylation sites (tertiary alicyclic amines) is 1. The van der Waals surface area contributed by atoms with E-state index in [4.69, 9.17) is 5.11 Å². The molecule has 1 amide bonds. The Morgan fingerprint density at radius 2 is 2.16 bits per heavy atom. The molecule has 0 aromatic carbocycles. The number of carboxylic acids is 1. The summed E-state index contributed by atoms with van der Waals surface area (Å²) in [5.74, 6) is 0.263. The quantitative estimate of drug-likeness (QED) is 0.408. The van der Waals surface area contributed by atoms with Gasteiger partial charge in [0.15, 0.2) is 0 Å². The number of carboxylic acid groups (broad SMARTS) is 1. The lowest BCUT2D eigenvalue weighted by molar-refractivity contribution is -0.148. The molecular formula is C23H29F2NO4S. The summed E-state index contributed by atoms with van der Waals surface area (Å²) < 4.78 is 28.1. The number of unbranched alkanes of at least 4 members (excludes halogenated alkanes) is 1. The number of amides is 1.